The average Bonchev–Trinajstić information content (AvgIpc) is 2.70. The third-order valence-corrected chi connectivity index (χ3v) is 10.1. The topological polar surface area (TPSA) is 49.7 Å². The normalized spacial score (nSPS) is 17.9. The number of aliphatic hydroxyl groups is 2. The monoisotopic (exact) mass is 402 g/mol. The first kappa shape index (κ1) is 19.8. The molecule has 0 fully saturated rings. The van der Waals surface area contributed by atoms with Crippen LogP contribution in [0, 0.1) is 0 Å². The van der Waals surface area contributed by atoms with Crippen molar-refractivity contribution in [3.8, 4) is 0 Å². The zero-order valence-corrected chi connectivity index (χ0v) is 18.6. The summed E-state index contributed by atoms with van der Waals surface area (Å²) in [7, 11) is -2.69. The molecule has 0 amide bonds. The summed E-state index contributed by atoms with van der Waals surface area (Å²) in [5, 5.41) is 22.7. The Kier molecular flexibility index (Phi) is 6.63. The van der Waals surface area contributed by atoms with Gasteiger partial charge in [-0.1, -0.05) is 81.4 Å². The minimum Gasteiger partial charge on any atom is -0.407 e. The minimum atomic E-state index is -2.69. The van der Waals surface area contributed by atoms with Crippen LogP contribution in [0.5, 0.6) is 0 Å². The van der Waals surface area contributed by atoms with Crippen molar-refractivity contribution in [2.75, 3.05) is 6.61 Å². The maximum atomic E-state index is 10.5. The molecule has 0 saturated heterocycles. The first-order valence-corrected chi connectivity index (χ1v) is 11.8. The second kappa shape index (κ2) is 9.36. The van der Waals surface area contributed by atoms with Crippen LogP contribution in [-0.2, 0) is 4.43 Å². The highest BCUT2D eigenvalue weighted by molar-refractivity contribution is 6.99. The molecule has 0 heterocycles. The molecule has 2 unspecified atom stereocenters. The van der Waals surface area contributed by atoms with Crippen LogP contribution in [0.1, 0.15) is 56.6 Å². The van der Waals surface area contributed by atoms with Gasteiger partial charge in [0.1, 0.15) is 0 Å². The molecule has 0 aromatic heterocycles. The fourth-order valence-corrected chi connectivity index (χ4v) is 8.19. The van der Waals surface area contributed by atoms with Crippen molar-refractivity contribution in [1.29, 1.82) is 0 Å². The van der Waals surface area contributed by atoms with E-state index in [2.05, 4.69) is 45.0 Å². The Morgan fingerprint density at radius 3 is 1.89 bits per heavy atom. The van der Waals surface area contributed by atoms with Gasteiger partial charge in [-0.3, -0.25) is 0 Å². The molecule has 0 saturated carbocycles. The van der Waals surface area contributed by atoms with Crippen LogP contribution < -0.4 is 10.4 Å². The Bertz CT molecular complexity index is 735. The van der Waals surface area contributed by atoms with Crippen molar-refractivity contribution in [3.63, 3.8) is 0 Å². The van der Waals surface area contributed by atoms with Crippen molar-refractivity contribution in [2.24, 2.45) is 0 Å². The maximum absolute atomic E-state index is 10.5. The molecular formula is C24H36O3Si. The van der Waals surface area contributed by atoms with E-state index in [1.54, 1.807) is 6.92 Å². The molecule has 0 bridgehead atoms. The molecule has 0 radical (unpaired) electrons. The molecule has 0 spiro atoms. The van der Waals surface area contributed by atoms with Gasteiger partial charge >= 0.3 is 0 Å². The Labute approximate surface area is 174 Å². The summed E-state index contributed by atoms with van der Waals surface area (Å²) in [6.07, 6.45) is -1.26. The van der Waals surface area contributed by atoms with Gasteiger partial charge in [0.25, 0.3) is 8.32 Å². The third kappa shape index (κ3) is 5.77. The van der Waals surface area contributed by atoms with Gasteiger partial charge in [0.2, 0.25) is 0 Å². The van der Waals surface area contributed by atoms with Crippen molar-refractivity contribution in [2.45, 2.75) is 70.6 Å². The fourth-order valence-electron chi connectivity index (χ4n) is 3.62. The van der Waals surface area contributed by atoms with E-state index >= 15 is 0 Å². The van der Waals surface area contributed by atoms with E-state index in [0.717, 1.165) is 10.4 Å². The van der Waals surface area contributed by atoms with E-state index in [4.69, 9.17) is 7.17 Å². The molecule has 154 valence electrons. The SMILES string of the molecule is [2H]CC(C)(O)CCC([2H])(O)CCO[Si](c1ccccc1)(c1ccccc1)C(C)(C)C. The summed E-state index contributed by atoms with van der Waals surface area (Å²) in [6.45, 7) is 8.24. The molecule has 2 aromatic rings. The van der Waals surface area contributed by atoms with Crippen molar-refractivity contribution in [3.05, 3.63) is 60.7 Å². The highest BCUT2D eigenvalue weighted by Gasteiger charge is 2.50. The lowest BCUT2D eigenvalue weighted by molar-refractivity contribution is 0.0436. The minimum absolute atomic E-state index is 0.100. The zero-order chi connectivity index (χ0) is 22.5. The number of benzene rings is 2. The second-order valence-electron chi connectivity index (χ2n) is 8.82. The summed E-state index contributed by atoms with van der Waals surface area (Å²) in [5.41, 5.74) is -1.19. The van der Waals surface area contributed by atoms with Crippen molar-refractivity contribution in [1.82, 2.24) is 0 Å². The van der Waals surface area contributed by atoms with Crippen molar-refractivity contribution < 1.29 is 17.4 Å². The summed E-state index contributed by atoms with van der Waals surface area (Å²) >= 11 is 0. The van der Waals surface area contributed by atoms with E-state index < -0.39 is 20.0 Å². The predicted octanol–water partition coefficient (Wildman–Crippen LogP) is 3.87. The van der Waals surface area contributed by atoms with Gasteiger partial charge in [-0.05, 0) is 48.5 Å². The van der Waals surface area contributed by atoms with Gasteiger partial charge in [-0.2, -0.15) is 0 Å². The Hall–Kier alpha value is -1.46. The molecule has 3 nitrogen and oxygen atoms in total. The Balaban J connectivity index is 2.29. The van der Waals surface area contributed by atoms with Crippen LogP contribution in [0.3, 0.4) is 0 Å². The van der Waals surface area contributed by atoms with Crippen LogP contribution in [0.4, 0.5) is 0 Å². The first-order chi connectivity index (χ1) is 13.9. The number of hydrogen-bond donors (Lipinski definition) is 2. The lowest BCUT2D eigenvalue weighted by atomic mass is 9.99. The van der Waals surface area contributed by atoms with Crippen LogP contribution in [-0.4, -0.2) is 36.8 Å². The van der Waals surface area contributed by atoms with Crippen molar-refractivity contribution >= 4 is 18.7 Å². The van der Waals surface area contributed by atoms with Crippen LogP contribution >= 0.6 is 0 Å². The summed E-state index contributed by atoms with van der Waals surface area (Å²) in [5.74, 6) is 0. The molecule has 0 aliphatic carbocycles. The molecule has 4 heteroatoms. The largest absolute Gasteiger partial charge is 0.407 e. The van der Waals surface area contributed by atoms with E-state index in [-0.39, 0.29) is 37.8 Å². The lowest BCUT2D eigenvalue weighted by Gasteiger charge is -2.43. The highest BCUT2D eigenvalue weighted by atomic mass is 28.4. The molecule has 2 atom stereocenters. The maximum Gasteiger partial charge on any atom is 0.261 e. The predicted molar refractivity (Wildman–Crippen MR) is 120 cm³/mol. The molecule has 28 heavy (non-hydrogen) atoms. The van der Waals surface area contributed by atoms with E-state index in [1.807, 2.05) is 36.4 Å². The smallest absolute Gasteiger partial charge is 0.261 e. The average molecular weight is 403 g/mol. The van der Waals surface area contributed by atoms with E-state index in [9.17, 15) is 10.2 Å². The highest BCUT2D eigenvalue weighted by Crippen LogP contribution is 2.36. The van der Waals surface area contributed by atoms with Gasteiger partial charge < -0.3 is 14.6 Å². The van der Waals surface area contributed by atoms with Gasteiger partial charge in [-0.25, -0.2) is 0 Å². The van der Waals surface area contributed by atoms with Gasteiger partial charge in [0.05, 0.1) is 13.1 Å². The Morgan fingerprint density at radius 1 is 0.964 bits per heavy atom. The van der Waals surface area contributed by atoms with Gasteiger partial charge in [0.15, 0.2) is 0 Å². The van der Waals surface area contributed by atoms with E-state index in [0.29, 0.717) is 0 Å². The van der Waals surface area contributed by atoms with Gasteiger partial charge in [-0.15, -0.1) is 0 Å². The molecular weight excluding hydrogens is 364 g/mol. The molecule has 0 aliphatic heterocycles. The van der Waals surface area contributed by atoms with Gasteiger partial charge in [0, 0.05) is 7.98 Å². The molecule has 0 aliphatic rings. The Morgan fingerprint density at radius 2 is 1.46 bits per heavy atom. The number of rotatable bonds is 9. The first-order valence-electron chi connectivity index (χ1n) is 11.1. The van der Waals surface area contributed by atoms with Crippen LogP contribution in [0.15, 0.2) is 60.7 Å². The number of hydrogen-bond acceptors (Lipinski definition) is 3. The molecule has 2 rings (SSSR count). The third-order valence-electron chi connectivity index (χ3n) is 5.08. The molecule has 2 aromatic carbocycles. The molecule has 2 N–H and O–H groups in total. The standard InChI is InChI=1S/C24H36O3Si/c1-23(2,3)28(21-12-8-6-9-13-21,22-14-10-7-11-15-22)27-19-17-20(25)16-18-24(4,5)26/h6-15,20,25-26H,16-19H2,1-5H3/i4D,20D. The lowest BCUT2D eigenvalue weighted by Crippen LogP contribution is -2.66. The zero-order valence-electron chi connectivity index (χ0n) is 19.6. The van der Waals surface area contributed by atoms with Crippen LogP contribution in [0.2, 0.25) is 5.04 Å². The fraction of sp³-hybridized carbons (Fsp3) is 0.500. The summed E-state index contributed by atoms with van der Waals surface area (Å²) < 4.78 is 22.4. The van der Waals surface area contributed by atoms with Crippen LogP contribution in [0.25, 0.3) is 0 Å². The summed E-state index contributed by atoms with van der Waals surface area (Å²) in [4.78, 5) is 0. The quantitative estimate of drug-likeness (QED) is 0.626. The second-order valence-corrected chi connectivity index (χ2v) is 13.1. The summed E-state index contributed by atoms with van der Waals surface area (Å²) in [6, 6.07) is 20.6. The van der Waals surface area contributed by atoms with E-state index in [1.165, 1.54) is 0 Å².